The van der Waals surface area contributed by atoms with Crippen LogP contribution in [0.4, 0.5) is 9.59 Å². The Hall–Kier alpha value is -4.46. The predicted molar refractivity (Wildman–Crippen MR) is 180 cm³/mol. The molecule has 0 spiro atoms. The van der Waals surface area contributed by atoms with Crippen LogP contribution in [0.25, 0.3) is 0 Å². The molecule has 3 amide bonds. The highest BCUT2D eigenvalue weighted by Crippen LogP contribution is 2.17. The first-order valence-corrected chi connectivity index (χ1v) is 17.0. The maximum atomic E-state index is 12.9. The van der Waals surface area contributed by atoms with E-state index in [0.29, 0.717) is 9.78 Å². The molecular formula is C32H43N5O9S2. The van der Waals surface area contributed by atoms with Crippen molar-refractivity contribution >= 4 is 51.4 Å². The molecule has 16 heteroatoms. The molecule has 0 bridgehead atoms. The summed E-state index contributed by atoms with van der Waals surface area (Å²) in [6.07, 6.45) is -2.20. The summed E-state index contributed by atoms with van der Waals surface area (Å²) < 4.78 is 44.0. The Labute approximate surface area is 285 Å². The van der Waals surface area contributed by atoms with E-state index in [-0.39, 0.29) is 16.3 Å². The van der Waals surface area contributed by atoms with E-state index >= 15 is 0 Å². The average Bonchev–Trinajstić information content (AvgIpc) is 3.40. The zero-order valence-corrected chi connectivity index (χ0v) is 30.1. The highest BCUT2D eigenvalue weighted by molar-refractivity contribution is 7.89. The summed E-state index contributed by atoms with van der Waals surface area (Å²) in [6.45, 7) is 14.0. The minimum Gasteiger partial charge on any atom is -0.459 e. The van der Waals surface area contributed by atoms with Gasteiger partial charge in [0, 0.05) is 6.54 Å². The van der Waals surface area contributed by atoms with Gasteiger partial charge in [-0.15, -0.1) is 16.2 Å². The molecular weight excluding hydrogens is 663 g/mol. The summed E-state index contributed by atoms with van der Waals surface area (Å²) in [6, 6.07) is 9.14. The Balaban J connectivity index is 2.09. The van der Waals surface area contributed by atoms with E-state index in [1.165, 1.54) is 18.2 Å². The number of nitrogens with one attached hydrogen (secondary N) is 4. The number of thiophene rings is 1. The third-order valence-electron chi connectivity index (χ3n) is 5.27. The average molecular weight is 706 g/mol. The van der Waals surface area contributed by atoms with Crippen molar-refractivity contribution in [3.8, 4) is 11.8 Å². The van der Waals surface area contributed by atoms with Crippen LogP contribution < -0.4 is 15.4 Å². The van der Waals surface area contributed by atoms with E-state index < -0.39 is 69.4 Å². The lowest BCUT2D eigenvalue weighted by Gasteiger charge is -2.28. The maximum Gasteiger partial charge on any atom is 0.427 e. The second kappa shape index (κ2) is 16.1. The zero-order valence-electron chi connectivity index (χ0n) is 28.5. The molecule has 0 saturated heterocycles. The monoisotopic (exact) mass is 705 g/mol. The molecule has 262 valence electrons. The third-order valence-corrected chi connectivity index (χ3v) is 7.76. The van der Waals surface area contributed by atoms with Crippen LogP contribution in [0.15, 0.2) is 47.4 Å². The van der Waals surface area contributed by atoms with Crippen molar-refractivity contribution < 1.29 is 41.8 Å². The first-order valence-electron chi connectivity index (χ1n) is 14.7. The lowest BCUT2D eigenvalue weighted by molar-refractivity contribution is -0.156. The van der Waals surface area contributed by atoms with E-state index in [2.05, 4.69) is 27.2 Å². The van der Waals surface area contributed by atoms with Crippen LogP contribution >= 0.6 is 11.3 Å². The number of guanidine groups is 1. The van der Waals surface area contributed by atoms with Crippen LogP contribution in [0.1, 0.15) is 76.9 Å². The summed E-state index contributed by atoms with van der Waals surface area (Å²) in [4.78, 5) is 52.2. The minimum atomic E-state index is -4.11. The molecule has 0 saturated carbocycles. The van der Waals surface area contributed by atoms with Gasteiger partial charge >= 0.3 is 18.2 Å². The van der Waals surface area contributed by atoms with E-state index in [1.54, 1.807) is 86.6 Å². The fourth-order valence-electron chi connectivity index (χ4n) is 3.42. The van der Waals surface area contributed by atoms with Crippen molar-refractivity contribution in [1.29, 1.82) is 5.41 Å². The van der Waals surface area contributed by atoms with Gasteiger partial charge in [-0.25, -0.2) is 18.0 Å². The molecule has 1 atom stereocenters. The quantitative estimate of drug-likeness (QED) is 0.102. The number of hydrogen-bond donors (Lipinski definition) is 4. The first-order chi connectivity index (χ1) is 22.0. The smallest absolute Gasteiger partial charge is 0.427 e. The van der Waals surface area contributed by atoms with Gasteiger partial charge in [0.1, 0.15) is 22.8 Å². The number of rotatable bonds is 8. The van der Waals surface area contributed by atoms with Gasteiger partial charge in [-0.2, -0.15) is 4.72 Å². The van der Waals surface area contributed by atoms with Gasteiger partial charge < -0.3 is 24.8 Å². The molecule has 2 rings (SSSR count). The van der Waals surface area contributed by atoms with E-state index in [0.717, 1.165) is 11.3 Å². The second-order valence-electron chi connectivity index (χ2n) is 13.2. The zero-order chi connectivity index (χ0) is 36.5. The van der Waals surface area contributed by atoms with Crippen molar-refractivity contribution in [2.24, 2.45) is 0 Å². The molecule has 14 nitrogen and oxygen atoms in total. The molecule has 4 N–H and O–H groups in total. The summed E-state index contributed by atoms with van der Waals surface area (Å²) in [5.74, 6) is 3.52. The van der Waals surface area contributed by atoms with Gasteiger partial charge in [0.2, 0.25) is 16.0 Å². The number of ether oxygens (including phenoxy) is 3. The predicted octanol–water partition coefficient (Wildman–Crippen LogP) is 4.21. The number of sulfonamides is 1. The molecule has 2 aromatic rings. The van der Waals surface area contributed by atoms with E-state index in [1.807, 2.05) is 0 Å². The Morgan fingerprint density at radius 3 is 1.90 bits per heavy atom. The standard InChI is InChI=1S/C32H43N5O9S2/c1-30(2,3)44-26(39)23(36-48(42,43)22-15-11-10-12-16-22)20-35-25(38)24-18-17-21(47-24)14-13-19-34-27(33)37(28(40)45-31(4,5)6)29(41)46-32(7,8)9/h10-12,15-18,23,36H,19-20H2,1-9H3,(H2,33,34)(H,35,38)/t23-/m0/s1. The number of imide groups is 1. The van der Waals surface area contributed by atoms with Crippen LogP contribution in [-0.2, 0) is 29.0 Å². The van der Waals surface area contributed by atoms with Gasteiger partial charge in [-0.3, -0.25) is 15.0 Å². The van der Waals surface area contributed by atoms with Gasteiger partial charge in [0.15, 0.2) is 0 Å². The fraction of sp³-hybridized carbons (Fsp3) is 0.469. The van der Waals surface area contributed by atoms with Crippen LogP contribution in [0.3, 0.4) is 0 Å². The largest absolute Gasteiger partial charge is 0.459 e. The van der Waals surface area contributed by atoms with Crippen molar-refractivity contribution in [2.75, 3.05) is 13.1 Å². The maximum absolute atomic E-state index is 12.9. The third kappa shape index (κ3) is 13.7. The number of benzene rings is 1. The SMILES string of the molecule is CC(C)(C)OC(=O)[C@H](CNC(=O)c1ccc(C#CCNC(=N)N(C(=O)OC(C)(C)C)C(=O)OC(C)(C)C)s1)NS(=O)(=O)c1ccccc1. The molecule has 0 aliphatic heterocycles. The fourth-order valence-corrected chi connectivity index (χ4v) is 5.42. The number of nitrogens with zero attached hydrogens (tertiary/aromatic N) is 1. The molecule has 0 radical (unpaired) electrons. The number of amides is 3. The summed E-state index contributed by atoms with van der Waals surface area (Å²) in [7, 11) is -4.11. The second-order valence-corrected chi connectivity index (χ2v) is 16.0. The summed E-state index contributed by atoms with van der Waals surface area (Å²) in [5.41, 5.74) is -2.78. The van der Waals surface area contributed by atoms with E-state index in [9.17, 15) is 27.6 Å². The molecule has 0 aliphatic rings. The number of hydrogen-bond acceptors (Lipinski definition) is 11. The molecule has 0 unspecified atom stereocenters. The lowest BCUT2D eigenvalue weighted by atomic mass is 10.2. The van der Waals surface area contributed by atoms with Crippen molar-refractivity contribution in [3.63, 3.8) is 0 Å². The molecule has 1 aromatic heterocycles. The van der Waals surface area contributed by atoms with E-state index in [4.69, 9.17) is 19.6 Å². The number of carbonyl (C=O) groups is 4. The minimum absolute atomic E-state index is 0.0571. The Morgan fingerprint density at radius 1 is 0.833 bits per heavy atom. The van der Waals surface area contributed by atoms with Gasteiger partial charge in [0.25, 0.3) is 5.91 Å². The summed E-state index contributed by atoms with van der Waals surface area (Å²) in [5, 5.41) is 13.4. The van der Waals surface area contributed by atoms with Crippen molar-refractivity contribution in [2.45, 2.75) is 90.1 Å². The van der Waals surface area contributed by atoms with Gasteiger partial charge in [-0.1, -0.05) is 30.0 Å². The lowest BCUT2D eigenvalue weighted by Crippen LogP contribution is -2.51. The molecule has 0 aliphatic carbocycles. The van der Waals surface area contributed by atoms with Crippen LogP contribution in [-0.4, -0.2) is 79.3 Å². The Morgan fingerprint density at radius 2 is 1.38 bits per heavy atom. The number of carbonyl (C=O) groups excluding carboxylic acids is 4. The van der Waals surface area contributed by atoms with Gasteiger partial charge in [-0.05, 0) is 86.6 Å². The normalized spacial score (nSPS) is 12.4. The molecule has 1 heterocycles. The van der Waals surface area contributed by atoms with Crippen LogP contribution in [0.5, 0.6) is 0 Å². The topological polar surface area (TPSA) is 193 Å². The number of esters is 1. The van der Waals surface area contributed by atoms with Gasteiger partial charge in [0.05, 0.1) is 21.2 Å². The molecule has 0 fully saturated rings. The highest BCUT2D eigenvalue weighted by atomic mass is 32.2. The summed E-state index contributed by atoms with van der Waals surface area (Å²) >= 11 is 1.03. The Kier molecular flexibility index (Phi) is 13.3. The molecule has 1 aromatic carbocycles. The molecule has 48 heavy (non-hydrogen) atoms. The highest BCUT2D eigenvalue weighted by Gasteiger charge is 2.34. The van der Waals surface area contributed by atoms with Crippen LogP contribution in [0.2, 0.25) is 0 Å². The van der Waals surface area contributed by atoms with Crippen molar-refractivity contribution in [3.05, 3.63) is 52.2 Å². The van der Waals surface area contributed by atoms with Crippen LogP contribution in [0, 0.1) is 17.3 Å². The Bertz CT molecular complexity index is 1630. The van der Waals surface area contributed by atoms with Crippen molar-refractivity contribution in [1.82, 2.24) is 20.3 Å². The first kappa shape index (κ1) is 39.7.